The van der Waals surface area contributed by atoms with Crippen molar-refractivity contribution < 1.29 is 0 Å². The maximum absolute atomic E-state index is 6.34. The summed E-state index contributed by atoms with van der Waals surface area (Å²) in [6.45, 7) is 0. The van der Waals surface area contributed by atoms with Crippen molar-refractivity contribution in [2.24, 2.45) is 11.7 Å². The number of hydrogen-bond acceptors (Lipinski definition) is 1. The van der Waals surface area contributed by atoms with Crippen LogP contribution in [0.4, 0.5) is 0 Å². The van der Waals surface area contributed by atoms with Crippen LogP contribution in [0.25, 0.3) is 11.1 Å². The van der Waals surface area contributed by atoms with Gasteiger partial charge in [0.25, 0.3) is 0 Å². The van der Waals surface area contributed by atoms with Crippen molar-refractivity contribution in [1.82, 2.24) is 0 Å². The van der Waals surface area contributed by atoms with E-state index in [9.17, 15) is 0 Å². The van der Waals surface area contributed by atoms with Gasteiger partial charge in [0.05, 0.1) is 0 Å². The lowest BCUT2D eigenvalue weighted by atomic mass is 9.97. The van der Waals surface area contributed by atoms with E-state index in [1.165, 1.54) is 40.7 Å². The summed E-state index contributed by atoms with van der Waals surface area (Å²) in [7, 11) is 0. The van der Waals surface area contributed by atoms with Crippen LogP contribution < -0.4 is 5.73 Å². The minimum absolute atomic E-state index is 0.224. The molecule has 1 heteroatoms. The van der Waals surface area contributed by atoms with E-state index in [2.05, 4.69) is 42.5 Å². The van der Waals surface area contributed by atoms with Crippen molar-refractivity contribution in [3.8, 4) is 11.1 Å². The van der Waals surface area contributed by atoms with Gasteiger partial charge in [-0.15, -0.1) is 0 Å². The summed E-state index contributed by atoms with van der Waals surface area (Å²) in [5.41, 5.74) is 13.4. The standard InChI is InChI=1S/C18H19N/c19-18(9-12-5-6-12)14-7-8-17-15(11-14)10-13-3-1-2-4-16(13)17/h1-4,7-8,11-12,18H,5-6,9-10,19H2/t18-/m1/s1. The highest BCUT2D eigenvalue weighted by molar-refractivity contribution is 5.76. The molecule has 0 saturated heterocycles. The van der Waals surface area contributed by atoms with Gasteiger partial charge in [-0.25, -0.2) is 0 Å². The molecule has 1 saturated carbocycles. The zero-order valence-electron chi connectivity index (χ0n) is 11.1. The first-order chi connectivity index (χ1) is 9.31. The van der Waals surface area contributed by atoms with E-state index in [0.717, 1.165) is 18.8 Å². The van der Waals surface area contributed by atoms with Crippen LogP contribution in [-0.4, -0.2) is 0 Å². The smallest absolute Gasteiger partial charge is 0.0297 e. The minimum atomic E-state index is 0.224. The summed E-state index contributed by atoms with van der Waals surface area (Å²) in [4.78, 5) is 0. The number of nitrogens with two attached hydrogens (primary N) is 1. The largest absolute Gasteiger partial charge is 0.324 e. The average molecular weight is 249 g/mol. The Bertz CT molecular complexity index is 625. The Morgan fingerprint density at radius 3 is 2.63 bits per heavy atom. The van der Waals surface area contributed by atoms with Crippen molar-refractivity contribution in [2.75, 3.05) is 0 Å². The van der Waals surface area contributed by atoms with Gasteiger partial charge in [-0.05, 0) is 46.6 Å². The molecular weight excluding hydrogens is 230 g/mol. The van der Waals surface area contributed by atoms with Crippen molar-refractivity contribution in [3.63, 3.8) is 0 Å². The van der Waals surface area contributed by atoms with Gasteiger partial charge in [0, 0.05) is 6.04 Å². The molecule has 2 aromatic carbocycles. The summed E-state index contributed by atoms with van der Waals surface area (Å²) < 4.78 is 0. The fourth-order valence-electron chi connectivity index (χ4n) is 3.24. The second kappa shape index (κ2) is 4.21. The lowest BCUT2D eigenvalue weighted by Crippen LogP contribution is -2.11. The van der Waals surface area contributed by atoms with E-state index < -0.39 is 0 Å². The molecule has 1 atom stereocenters. The van der Waals surface area contributed by atoms with Crippen LogP contribution in [0.15, 0.2) is 42.5 Å². The van der Waals surface area contributed by atoms with Crippen LogP contribution >= 0.6 is 0 Å². The molecule has 2 aliphatic rings. The molecule has 2 aromatic rings. The Hall–Kier alpha value is -1.60. The quantitative estimate of drug-likeness (QED) is 0.744. The number of hydrogen-bond donors (Lipinski definition) is 1. The third-order valence-corrected chi connectivity index (χ3v) is 4.53. The molecule has 0 amide bonds. The highest BCUT2D eigenvalue weighted by Crippen LogP contribution is 2.40. The van der Waals surface area contributed by atoms with Gasteiger partial charge in [-0.1, -0.05) is 55.3 Å². The lowest BCUT2D eigenvalue weighted by molar-refractivity contribution is 0.597. The molecule has 0 heterocycles. The Labute approximate surface area is 114 Å². The van der Waals surface area contributed by atoms with Gasteiger partial charge >= 0.3 is 0 Å². The van der Waals surface area contributed by atoms with Crippen molar-refractivity contribution in [3.05, 3.63) is 59.2 Å². The summed E-state index contributed by atoms with van der Waals surface area (Å²) >= 11 is 0. The zero-order valence-corrected chi connectivity index (χ0v) is 11.1. The van der Waals surface area contributed by atoms with Gasteiger partial charge < -0.3 is 5.73 Å². The molecule has 2 aliphatic carbocycles. The predicted octanol–water partition coefficient (Wildman–Crippen LogP) is 4.06. The van der Waals surface area contributed by atoms with Crippen LogP contribution in [-0.2, 0) is 6.42 Å². The molecule has 0 radical (unpaired) electrons. The molecular formula is C18H19N. The Balaban J connectivity index is 1.67. The van der Waals surface area contributed by atoms with E-state index in [1.54, 1.807) is 0 Å². The molecule has 0 unspecified atom stereocenters. The fraction of sp³-hybridized carbons (Fsp3) is 0.333. The maximum Gasteiger partial charge on any atom is 0.0297 e. The first-order valence-electron chi connectivity index (χ1n) is 7.28. The highest BCUT2D eigenvalue weighted by atomic mass is 14.6. The third kappa shape index (κ3) is 1.98. The first kappa shape index (κ1) is 11.2. The maximum atomic E-state index is 6.34. The first-order valence-corrected chi connectivity index (χ1v) is 7.28. The van der Waals surface area contributed by atoms with Gasteiger partial charge in [0.1, 0.15) is 0 Å². The Morgan fingerprint density at radius 1 is 1.00 bits per heavy atom. The van der Waals surface area contributed by atoms with Crippen LogP contribution in [0.5, 0.6) is 0 Å². The zero-order chi connectivity index (χ0) is 12.8. The summed E-state index contributed by atoms with van der Waals surface area (Å²) in [5.74, 6) is 0.889. The predicted molar refractivity (Wildman–Crippen MR) is 79.0 cm³/mol. The summed E-state index contributed by atoms with van der Waals surface area (Å²) in [6.07, 6.45) is 4.98. The van der Waals surface area contributed by atoms with Crippen molar-refractivity contribution >= 4 is 0 Å². The molecule has 0 bridgehead atoms. The lowest BCUT2D eigenvalue weighted by Gasteiger charge is -2.13. The second-order valence-electron chi connectivity index (χ2n) is 6.04. The molecule has 2 N–H and O–H groups in total. The molecule has 1 nitrogen and oxygen atoms in total. The topological polar surface area (TPSA) is 26.0 Å². The molecule has 0 aromatic heterocycles. The Morgan fingerprint density at radius 2 is 1.79 bits per heavy atom. The molecule has 19 heavy (non-hydrogen) atoms. The van der Waals surface area contributed by atoms with E-state index in [-0.39, 0.29) is 6.04 Å². The molecule has 1 fully saturated rings. The molecule has 96 valence electrons. The Kier molecular flexibility index (Phi) is 2.49. The summed E-state index contributed by atoms with van der Waals surface area (Å²) in [6, 6.07) is 15.8. The third-order valence-electron chi connectivity index (χ3n) is 4.53. The normalized spacial score (nSPS) is 17.9. The van der Waals surface area contributed by atoms with E-state index in [4.69, 9.17) is 5.73 Å². The minimum Gasteiger partial charge on any atom is -0.324 e. The highest BCUT2D eigenvalue weighted by Gasteiger charge is 2.25. The van der Waals surface area contributed by atoms with E-state index in [0.29, 0.717) is 0 Å². The second-order valence-corrected chi connectivity index (χ2v) is 6.04. The van der Waals surface area contributed by atoms with Crippen LogP contribution in [0.3, 0.4) is 0 Å². The summed E-state index contributed by atoms with van der Waals surface area (Å²) in [5, 5.41) is 0. The van der Waals surface area contributed by atoms with E-state index in [1.807, 2.05) is 0 Å². The number of rotatable bonds is 3. The monoisotopic (exact) mass is 249 g/mol. The van der Waals surface area contributed by atoms with Gasteiger partial charge in [-0.2, -0.15) is 0 Å². The van der Waals surface area contributed by atoms with Crippen molar-refractivity contribution in [2.45, 2.75) is 31.7 Å². The SMILES string of the molecule is N[C@H](CC1CC1)c1ccc2c(c1)Cc1ccccc1-2. The molecule has 0 spiro atoms. The molecule has 4 rings (SSSR count). The molecule has 0 aliphatic heterocycles. The fourth-order valence-corrected chi connectivity index (χ4v) is 3.24. The average Bonchev–Trinajstić information content (AvgIpc) is 3.16. The number of fused-ring (bicyclic) bond motifs is 3. The number of benzene rings is 2. The van der Waals surface area contributed by atoms with Crippen LogP contribution in [0.1, 0.15) is 42.0 Å². The van der Waals surface area contributed by atoms with E-state index >= 15 is 0 Å². The van der Waals surface area contributed by atoms with Crippen molar-refractivity contribution in [1.29, 1.82) is 0 Å². The van der Waals surface area contributed by atoms with Crippen LogP contribution in [0.2, 0.25) is 0 Å². The van der Waals surface area contributed by atoms with Gasteiger partial charge in [0.15, 0.2) is 0 Å². The van der Waals surface area contributed by atoms with Crippen LogP contribution in [0, 0.1) is 5.92 Å². The van der Waals surface area contributed by atoms with Gasteiger partial charge in [-0.3, -0.25) is 0 Å². The van der Waals surface area contributed by atoms with Gasteiger partial charge in [0.2, 0.25) is 0 Å².